The fraction of sp³-hybridized carbons (Fsp3) is 0.188. The molecule has 0 saturated heterocycles. The molecule has 2 aromatic rings. The van der Waals surface area contributed by atoms with Crippen LogP contribution in [0.2, 0.25) is 5.02 Å². The molecule has 1 atom stereocenters. The van der Waals surface area contributed by atoms with Gasteiger partial charge in [0.2, 0.25) is 0 Å². The minimum atomic E-state index is 0.215. The summed E-state index contributed by atoms with van der Waals surface area (Å²) in [5.41, 5.74) is 7.48. The minimum Gasteiger partial charge on any atom is -0.493 e. The Morgan fingerprint density at radius 2 is 2.14 bits per heavy atom. The average molecular weight is 320 g/mol. The van der Waals surface area contributed by atoms with Gasteiger partial charge in [0, 0.05) is 11.1 Å². The highest BCUT2D eigenvalue weighted by molar-refractivity contribution is 7.80. The number of nitrogens with two attached hydrogens (primary N) is 1. The van der Waals surface area contributed by atoms with Crippen LogP contribution in [0.5, 0.6) is 11.5 Å². The van der Waals surface area contributed by atoms with Gasteiger partial charge in [0.25, 0.3) is 0 Å². The number of fused-ring (bicyclic) bond motifs is 1. The zero-order chi connectivity index (χ0) is 14.8. The van der Waals surface area contributed by atoms with Crippen molar-refractivity contribution in [3.05, 3.63) is 58.6 Å². The highest BCUT2D eigenvalue weighted by Crippen LogP contribution is 2.34. The number of benzene rings is 2. The first-order chi connectivity index (χ1) is 10.1. The molecule has 2 aromatic carbocycles. The second-order valence-corrected chi connectivity index (χ2v) is 5.71. The van der Waals surface area contributed by atoms with E-state index in [1.807, 2.05) is 24.3 Å². The van der Waals surface area contributed by atoms with E-state index < -0.39 is 0 Å². The maximum Gasteiger partial charge on any atom is 0.137 e. The Morgan fingerprint density at radius 1 is 1.33 bits per heavy atom. The minimum absolute atomic E-state index is 0.215. The van der Waals surface area contributed by atoms with Crippen molar-refractivity contribution >= 4 is 28.8 Å². The van der Waals surface area contributed by atoms with Crippen LogP contribution in [0.25, 0.3) is 0 Å². The Labute approximate surface area is 133 Å². The van der Waals surface area contributed by atoms with Crippen LogP contribution < -0.4 is 15.2 Å². The molecule has 1 heterocycles. The first kappa shape index (κ1) is 14.2. The second-order valence-electron chi connectivity index (χ2n) is 4.87. The van der Waals surface area contributed by atoms with Gasteiger partial charge in [0.1, 0.15) is 16.5 Å². The third kappa shape index (κ3) is 2.96. The summed E-state index contributed by atoms with van der Waals surface area (Å²) >= 11 is 11.1. The first-order valence-corrected chi connectivity index (χ1v) is 7.37. The maximum absolute atomic E-state index is 6.19. The summed E-state index contributed by atoms with van der Waals surface area (Å²) in [7, 11) is 0. The number of thiocarbonyl (C=S) groups is 1. The van der Waals surface area contributed by atoms with Crippen LogP contribution in [0, 0.1) is 0 Å². The normalized spacial score (nSPS) is 16.1. The van der Waals surface area contributed by atoms with Crippen molar-refractivity contribution in [1.82, 2.24) is 0 Å². The fourth-order valence-corrected chi connectivity index (χ4v) is 2.69. The molecule has 21 heavy (non-hydrogen) atoms. The molecule has 0 aliphatic carbocycles. The van der Waals surface area contributed by atoms with E-state index in [0.29, 0.717) is 29.0 Å². The van der Waals surface area contributed by atoms with Crippen LogP contribution in [0.4, 0.5) is 0 Å². The van der Waals surface area contributed by atoms with Gasteiger partial charge in [-0.05, 0) is 24.3 Å². The molecule has 108 valence electrons. The molecular formula is C16H14ClNO2S. The van der Waals surface area contributed by atoms with Crippen LogP contribution in [-0.2, 0) is 0 Å². The van der Waals surface area contributed by atoms with Gasteiger partial charge in [0.05, 0.1) is 24.2 Å². The predicted molar refractivity (Wildman–Crippen MR) is 87.5 cm³/mol. The van der Waals surface area contributed by atoms with Gasteiger partial charge >= 0.3 is 0 Å². The molecular weight excluding hydrogens is 306 g/mol. The quantitative estimate of drug-likeness (QED) is 0.876. The number of para-hydroxylation sites is 1. The Morgan fingerprint density at radius 3 is 2.90 bits per heavy atom. The van der Waals surface area contributed by atoms with Crippen LogP contribution in [-0.4, -0.2) is 18.2 Å². The lowest BCUT2D eigenvalue weighted by Crippen LogP contribution is -2.12. The number of ether oxygens (including phenoxy) is 2. The average Bonchev–Trinajstić information content (AvgIpc) is 2.89. The first-order valence-electron chi connectivity index (χ1n) is 6.59. The number of hydrogen-bond donors (Lipinski definition) is 1. The summed E-state index contributed by atoms with van der Waals surface area (Å²) in [5, 5.41) is 0.507. The topological polar surface area (TPSA) is 44.5 Å². The van der Waals surface area contributed by atoms with Crippen LogP contribution in [0.15, 0.2) is 42.5 Å². The lowest BCUT2D eigenvalue weighted by Gasteiger charge is -2.13. The maximum atomic E-state index is 6.19. The van der Waals surface area contributed by atoms with E-state index >= 15 is 0 Å². The van der Waals surface area contributed by atoms with Crippen LogP contribution >= 0.6 is 23.8 Å². The van der Waals surface area contributed by atoms with Crippen molar-refractivity contribution < 1.29 is 9.47 Å². The molecule has 0 bridgehead atoms. The van der Waals surface area contributed by atoms with Gasteiger partial charge in [-0.1, -0.05) is 42.0 Å². The predicted octanol–water partition coefficient (Wildman–Crippen LogP) is 3.53. The SMILES string of the molecule is NC(=S)c1ccc(OCC2COc3ccccc32)c(Cl)c1. The van der Waals surface area contributed by atoms with Gasteiger partial charge in [-0.2, -0.15) is 0 Å². The number of halogens is 1. The molecule has 0 aromatic heterocycles. The standard InChI is InChI=1S/C16H14ClNO2S/c17-13-7-10(16(18)21)5-6-15(13)20-9-11-8-19-14-4-2-1-3-12(11)14/h1-7,11H,8-9H2,(H2,18,21). The molecule has 2 N–H and O–H groups in total. The van der Waals surface area contributed by atoms with Gasteiger partial charge in [-0.3, -0.25) is 0 Å². The summed E-state index contributed by atoms with van der Waals surface area (Å²) in [4.78, 5) is 0.321. The number of hydrogen-bond acceptors (Lipinski definition) is 3. The van der Waals surface area contributed by atoms with E-state index in [4.69, 9.17) is 39.0 Å². The highest BCUT2D eigenvalue weighted by atomic mass is 35.5. The van der Waals surface area contributed by atoms with E-state index in [-0.39, 0.29) is 5.92 Å². The van der Waals surface area contributed by atoms with E-state index in [9.17, 15) is 0 Å². The molecule has 1 aliphatic rings. The molecule has 1 aliphatic heterocycles. The monoisotopic (exact) mass is 319 g/mol. The summed E-state index contributed by atoms with van der Waals surface area (Å²) in [5.74, 6) is 1.77. The third-order valence-electron chi connectivity index (χ3n) is 3.46. The van der Waals surface area contributed by atoms with Crippen molar-refractivity contribution in [2.24, 2.45) is 5.73 Å². The third-order valence-corrected chi connectivity index (χ3v) is 3.99. The van der Waals surface area contributed by atoms with Crippen LogP contribution in [0.3, 0.4) is 0 Å². The van der Waals surface area contributed by atoms with Crippen LogP contribution in [0.1, 0.15) is 17.0 Å². The van der Waals surface area contributed by atoms with Crippen molar-refractivity contribution in [2.75, 3.05) is 13.2 Å². The molecule has 3 nitrogen and oxygen atoms in total. The van der Waals surface area contributed by atoms with Crippen molar-refractivity contribution in [2.45, 2.75) is 5.92 Å². The summed E-state index contributed by atoms with van der Waals surface area (Å²) < 4.78 is 11.4. The lowest BCUT2D eigenvalue weighted by atomic mass is 10.0. The van der Waals surface area contributed by atoms with Gasteiger partial charge in [0.15, 0.2) is 0 Å². The Kier molecular flexibility index (Phi) is 3.99. The molecule has 0 saturated carbocycles. The molecule has 0 spiro atoms. The Hall–Kier alpha value is -1.78. The summed E-state index contributed by atoms with van der Waals surface area (Å²) in [6.45, 7) is 1.14. The molecule has 3 rings (SSSR count). The van der Waals surface area contributed by atoms with Crippen molar-refractivity contribution in [1.29, 1.82) is 0 Å². The highest BCUT2D eigenvalue weighted by Gasteiger charge is 2.24. The van der Waals surface area contributed by atoms with E-state index in [1.165, 1.54) is 5.56 Å². The molecule has 0 amide bonds. The Bertz CT molecular complexity index is 690. The van der Waals surface area contributed by atoms with Gasteiger partial charge in [-0.15, -0.1) is 0 Å². The largest absolute Gasteiger partial charge is 0.493 e. The van der Waals surface area contributed by atoms with Crippen molar-refractivity contribution in [3.63, 3.8) is 0 Å². The molecule has 5 heteroatoms. The lowest BCUT2D eigenvalue weighted by molar-refractivity contribution is 0.248. The Balaban J connectivity index is 1.70. The van der Waals surface area contributed by atoms with Crippen molar-refractivity contribution in [3.8, 4) is 11.5 Å². The zero-order valence-corrected chi connectivity index (χ0v) is 12.8. The molecule has 1 unspecified atom stereocenters. The number of rotatable bonds is 4. The van der Waals surface area contributed by atoms with Gasteiger partial charge < -0.3 is 15.2 Å². The molecule has 0 fully saturated rings. The molecule has 0 radical (unpaired) electrons. The van der Waals surface area contributed by atoms with E-state index in [2.05, 4.69) is 6.07 Å². The van der Waals surface area contributed by atoms with Gasteiger partial charge in [-0.25, -0.2) is 0 Å². The zero-order valence-electron chi connectivity index (χ0n) is 11.2. The van der Waals surface area contributed by atoms with E-state index in [1.54, 1.807) is 12.1 Å². The fourth-order valence-electron chi connectivity index (χ4n) is 2.33. The summed E-state index contributed by atoms with van der Waals surface area (Å²) in [6, 6.07) is 13.3. The second kappa shape index (κ2) is 5.92. The summed E-state index contributed by atoms with van der Waals surface area (Å²) in [6.07, 6.45) is 0. The smallest absolute Gasteiger partial charge is 0.137 e. The van der Waals surface area contributed by atoms with E-state index in [0.717, 1.165) is 11.3 Å².